The van der Waals surface area contributed by atoms with Crippen LogP contribution in [-0.2, 0) is 16.1 Å². The van der Waals surface area contributed by atoms with E-state index < -0.39 is 12.6 Å². The number of hydrogen-bond acceptors (Lipinski definition) is 7. The van der Waals surface area contributed by atoms with E-state index in [0.29, 0.717) is 35.8 Å². The Morgan fingerprint density at radius 1 is 1.00 bits per heavy atom. The minimum absolute atomic E-state index is 0.0248. The van der Waals surface area contributed by atoms with Gasteiger partial charge in [-0.25, -0.2) is 0 Å². The highest BCUT2D eigenvalue weighted by Crippen LogP contribution is 2.31. The Morgan fingerprint density at radius 3 is 2.50 bits per heavy atom. The number of benzene rings is 2. The van der Waals surface area contributed by atoms with Gasteiger partial charge in [-0.1, -0.05) is 6.07 Å². The summed E-state index contributed by atoms with van der Waals surface area (Å²) in [6.45, 7) is -2.20. The Kier molecular flexibility index (Phi) is 7.05. The van der Waals surface area contributed by atoms with E-state index in [1.54, 1.807) is 18.2 Å². The lowest BCUT2D eigenvalue weighted by molar-refractivity contribution is -0.144. The second-order valence-electron chi connectivity index (χ2n) is 6.31. The molecule has 0 aromatic heterocycles. The molecule has 1 heterocycles. The predicted molar refractivity (Wildman–Crippen MR) is 100 cm³/mol. The van der Waals surface area contributed by atoms with Crippen LogP contribution >= 0.6 is 0 Å². The fraction of sp³-hybridized carbons (Fsp3) is 0.333. The van der Waals surface area contributed by atoms with E-state index in [1.165, 1.54) is 25.3 Å². The van der Waals surface area contributed by atoms with Crippen LogP contribution in [0.1, 0.15) is 28.8 Å². The van der Waals surface area contributed by atoms with E-state index >= 15 is 0 Å². The third-order valence-electron chi connectivity index (χ3n) is 4.26. The summed E-state index contributed by atoms with van der Waals surface area (Å²) in [6, 6.07) is 9.10. The van der Waals surface area contributed by atoms with Crippen LogP contribution in [0.15, 0.2) is 36.4 Å². The highest BCUT2D eigenvalue weighted by Gasteiger charge is 2.17. The number of methoxy groups -OCH3 is 1. The lowest BCUT2D eigenvalue weighted by atomic mass is 10.1. The van der Waals surface area contributed by atoms with Crippen molar-refractivity contribution in [1.82, 2.24) is 0 Å². The van der Waals surface area contributed by atoms with Crippen LogP contribution in [0, 0.1) is 0 Å². The Balaban J connectivity index is 1.49. The molecule has 3 rings (SSSR count). The van der Waals surface area contributed by atoms with Gasteiger partial charge in [0.1, 0.15) is 19.8 Å². The van der Waals surface area contributed by atoms with Gasteiger partial charge in [0, 0.05) is 12.0 Å². The second kappa shape index (κ2) is 9.91. The first-order valence-electron chi connectivity index (χ1n) is 9.16. The van der Waals surface area contributed by atoms with E-state index in [0.717, 1.165) is 0 Å². The molecular weight excluding hydrogens is 402 g/mol. The zero-order valence-electron chi connectivity index (χ0n) is 16.2. The van der Waals surface area contributed by atoms with Gasteiger partial charge in [-0.2, -0.15) is 8.78 Å². The number of rotatable bonds is 9. The van der Waals surface area contributed by atoms with E-state index in [1.807, 2.05) is 0 Å². The van der Waals surface area contributed by atoms with E-state index in [-0.39, 0.29) is 36.7 Å². The number of alkyl halides is 2. The van der Waals surface area contributed by atoms with Gasteiger partial charge in [-0.15, -0.1) is 0 Å². The number of fused-ring (bicyclic) bond motifs is 1. The Hall–Kier alpha value is -3.36. The normalized spacial score (nSPS) is 12.4. The predicted octanol–water partition coefficient (Wildman–Crippen LogP) is 3.77. The summed E-state index contributed by atoms with van der Waals surface area (Å²) in [4.78, 5) is 24.3. The molecule has 0 atom stereocenters. The average Bonchev–Trinajstić information content (AvgIpc) is 2.76. The molecule has 0 saturated heterocycles. The van der Waals surface area contributed by atoms with Crippen molar-refractivity contribution in [2.24, 2.45) is 0 Å². The van der Waals surface area contributed by atoms with Crippen molar-refractivity contribution in [2.45, 2.75) is 26.1 Å². The van der Waals surface area contributed by atoms with Gasteiger partial charge >= 0.3 is 12.6 Å². The molecule has 0 aliphatic carbocycles. The first-order valence-corrected chi connectivity index (χ1v) is 9.16. The molecule has 0 fully saturated rings. The molecule has 0 N–H and O–H groups in total. The standard InChI is InChI=1S/C21H20F2O7/c1-26-18-10-13(2-5-17(18)30-21(22)23)12-29-20(25)7-4-15(24)14-3-6-16-19(11-14)28-9-8-27-16/h2-3,5-6,10-11,21H,4,7-9,12H2,1H3. The quantitative estimate of drug-likeness (QED) is 0.449. The SMILES string of the molecule is COc1cc(COC(=O)CCC(=O)c2ccc3c(c2)OCCO3)ccc1OC(F)F. The van der Waals surface area contributed by atoms with Gasteiger partial charge in [0.2, 0.25) is 0 Å². The van der Waals surface area contributed by atoms with Crippen LogP contribution in [0.2, 0.25) is 0 Å². The van der Waals surface area contributed by atoms with Gasteiger partial charge in [-0.05, 0) is 35.9 Å². The number of Topliss-reactive ketones (excluding diaryl/α,β-unsaturated/α-hetero) is 1. The summed E-state index contributed by atoms with van der Waals surface area (Å²) < 4.78 is 50.1. The maximum absolute atomic E-state index is 12.4. The number of ether oxygens (including phenoxy) is 5. The van der Waals surface area contributed by atoms with Crippen LogP contribution in [0.4, 0.5) is 8.78 Å². The molecular formula is C21H20F2O7. The molecule has 0 spiro atoms. The van der Waals surface area contributed by atoms with Crippen LogP contribution in [0.5, 0.6) is 23.0 Å². The van der Waals surface area contributed by atoms with Gasteiger partial charge in [0.25, 0.3) is 0 Å². The minimum Gasteiger partial charge on any atom is -0.493 e. The van der Waals surface area contributed by atoms with Crippen LogP contribution < -0.4 is 18.9 Å². The first-order chi connectivity index (χ1) is 14.5. The molecule has 0 unspecified atom stereocenters. The van der Waals surface area contributed by atoms with Crippen molar-refractivity contribution in [3.05, 3.63) is 47.5 Å². The molecule has 9 heteroatoms. The molecule has 0 amide bonds. The van der Waals surface area contributed by atoms with Crippen molar-refractivity contribution in [1.29, 1.82) is 0 Å². The maximum Gasteiger partial charge on any atom is 0.387 e. The third kappa shape index (κ3) is 5.59. The largest absolute Gasteiger partial charge is 0.493 e. The minimum atomic E-state index is -2.98. The zero-order chi connectivity index (χ0) is 21.5. The van der Waals surface area contributed by atoms with Gasteiger partial charge in [0.15, 0.2) is 28.8 Å². The van der Waals surface area contributed by atoms with Gasteiger partial charge in [0.05, 0.1) is 13.5 Å². The molecule has 2 aromatic rings. The van der Waals surface area contributed by atoms with Crippen molar-refractivity contribution >= 4 is 11.8 Å². The molecule has 1 aliphatic rings. The lowest BCUT2D eigenvalue weighted by Crippen LogP contribution is -2.16. The summed E-state index contributed by atoms with van der Waals surface area (Å²) in [5.74, 6) is 0.276. The van der Waals surface area contributed by atoms with Crippen molar-refractivity contribution in [3.8, 4) is 23.0 Å². The smallest absolute Gasteiger partial charge is 0.387 e. The van der Waals surface area contributed by atoms with E-state index in [4.69, 9.17) is 18.9 Å². The van der Waals surface area contributed by atoms with Crippen LogP contribution in [0.3, 0.4) is 0 Å². The summed E-state index contributed by atoms with van der Waals surface area (Å²) in [5, 5.41) is 0. The number of esters is 1. The molecule has 160 valence electrons. The fourth-order valence-electron chi connectivity index (χ4n) is 2.81. The zero-order valence-corrected chi connectivity index (χ0v) is 16.2. The monoisotopic (exact) mass is 422 g/mol. The van der Waals surface area contributed by atoms with Crippen LogP contribution in [0.25, 0.3) is 0 Å². The maximum atomic E-state index is 12.4. The summed E-state index contributed by atoms with van der Waals surface area (Å²) >= 11 is 0. The average molecular weight is 422 g/mol. The number of ketones is 1. The Labute approximate surface area is 171 Å². The van der Waals surface area contributed by atoms with Gasteiger partial charge < -0.3 is 23.7 Å². The molecule has 0 saturated carbocycles. The lowest BCUT2D eigenvalue weighted by Gasteiger charge is -2.18. The molecule has 2 aromatic carbocycles. The van der Waals surface area contributed by atoms with Crippen molar-refractivity contribution in [3.63, 3.8) is 0 Å². The van der Waals surface area contributed by atoms with E-state index in [2.05, 4.69) is 4.74 Å². The van der Waals surface area contributed by atoms with Crippen molar-refractivity contribution in [2.75, 3.05) is 20.3 Å². The van der Waals surface area contributed by atoms with E-state index in [9.17, 15) is 18.4 Å². The fourth-order valence-corrected chi connectivity index (χ4v) is 2.81. The van der Waals surface area contributed by atoms with Gasteiger partial charge in [-0.3, -0.25) is 9.59 Å². The molecule has 0 bridgehead atoms. The second-order valence-corrected chi connectivity index (χ2v) is 6.31. The topological polar surface area (TPSA) is 80.3 Å². The number of hydrogen-bond donors (Lipinski definition) is 0. The third-order valence-corrected chi connectivity index (χ3v) is 4.26. The molecule has 30 heavy (non-hydrogen) atoms. The summed E-state index contributed by atoms with van der Waals surface area (Å²) in [7, 11) is 1.31. The molecule has 7 nitrogen and oxygen atoms in total. The highest BCUT2D eigenvalue weighted by molar-refractivity contribution is 5.98. The Bertz CT molecular complexity index is 914. The first kappa shape index (κ1) is 21.4. The number of halogens is 2. The highest BCUT2D eigenvalue weighted by atomic mass is 19.3. The number of carbonyl (C=O) groups is 2. The van der Waals surface area contributed by atoms with Crippen molar-refractivity contribution < 1.29 is 42.1 Å². The number of carbonyl (C=O) groups excluding carboxylic acids is 2. The Morgan fingerprint density at radius 2 is 1.77 bits per heavy atom. The summed E-state index contributed by atoms with van der Waals surface area (Å²) in [5.41, 5.74) is 0.950. The van der Waals surface area contributed by atoms with Crippen LogP contribution in [-0.4, -0.2) is 38.7 Å². The molecule has 1 aliphatic heterocycles. The molecule has 0 radical (unpaired) electrons. The summed E-state index contributed by atoms with van der Waals surface area (Å²) in [6.07, 6.45) is -0.125.